The van der Waals surface area contributed by atoms with E-state index in [2.05, 4.69) is 18.9 Å². The van der Waals surface area contributed by atoms with E-state index in [1.54, 1.807) is 6.20 Å². The fourth-order valence-electron chi connectivity index (χ4n) is 3.26. The Morgan fingerprint density at radius 2 is 2.44 bits per heavy atom. The van der Waals surface area contributed by atoms with Gasteiger partial charge in [0.2, 0.25) is 0 Å². The highest BCUT2D eigenvalue weighted by Crippen LogP contribution is 2.49. The van der Waals surface area contributed by atoms with E-state index in [0.29, 0.717) is 12.5 Å². The molecule has 0 spiro atoms. The van der Waals surface area contributed by atoms with E-state index in [1.807, 2.05) is 10.7 Å². The van der Waals surface area contributed by atoms with Crippen LogP contribution in [0.1, 0.15) is 51.3 Å². The van der Waals surface area contributed by atoms with Crippen molar-refractivity contribution in [3.05, 3.63) is 18.0 Å². The molecule has 3 N–H and O–H groups in total. The molecule has 4 nitrogen and oxygen atoms in total. The summed E-state index contributed by atoms with van der Waals surface area (Å²) in [5.41, 5.74) is 6.75. The molecule has 102 valence electrons. The van der Waals surface area contributed by atoms with Crippen LogP contribution in [0.3, 0.4) is 0 Å². The molecule has 0 aromatic carbocycles. The Bertz CT molecular complexity index is 390. The Labute approximate surface area is 109 Å². The average Bonchev–Trinajstić information content (AvgIpc) is 2.96. The normalized spacial score (nSPS) is 29.7. The zero-order valence-electron chi connectivity index (χ0n) is 11.5. The highest BCUT2D eigenvalue weighted by atomic mass is 16.3. The first-order chi connectivity index (χ1) is 8.63. The van der Waals surface area contributed by atoms with E-state index in [1.165, 1.54) is 0 Å². The Balaban J connectivity index is 2.23. The molecule has 0 aliphatic heterocycles. The van der Waals surface area contributed by atoms with Gasteiger partial charge in [-0.15, -0.1) is 0 Å². The van der Waals surface area contributed by atoms with Crippen LogP contribution in [0, 0.1) is 11.3 Å². The Morgan fingerprint density at radius 1 is 1.67 bits per heavy atom. The van der Waals surface area contributed by atoms with Crippen molar-refractivity contribution in [3.63, 3.8) is 0 Å². The van der Waals surface area contributed by atoms with Gasteiger partial charge < -0.3 is 10.8 Å². The van der Waals surface area contributed by atoms with E-state index in [-0.39, 0.29) is 5.41 Å². The molecule has 0 radical (unpaired) electrons. The SMILES string of the molecule is CCCn1nccc1C(O)C1(CN)CCC(C)C1. The number of hydrogen-bond acceptors (Lipinski definition) is 3. The summed E-state index contributed by atoms with van der Waals surface area (Å²) in [7, 11) is 0. The molecule has 18 heavy (non-hydrogen) atoms. The van der Waals surface area contributed by atoms with Crippen LogP contribution in [-0.2, 0) is 6.54 Å². The summed E-state index contributed by atoms with van der Waals surface area (Å²) in [5, 5.41) is 15.0. The third-order valence-corrected chi connectivity index (χ3v) is 4.34. The molecule has 0 saturated heterocycles. The molecule has 4 heteroatoms. The summed E-state index contributed by atoms with van der Waals surface area (Å²) in [6.45, 7) is 5.77. The molecule has 1 aromatic rings. The maximum absolute atomic E-state index is 10.7. The van der Waals surface area contributed by atoms with Crippen LogP contribution in [0.15, 0.2) is 12.3 Å². The van der Waals surface area contributed by atoms with Gasteiger partial charge in [0.25, 0.3) is 0 Å². The molecule has 1 aliphatic carbocycles. The molecule has 1 heterocycles. The minimum absolute atomic E-state index is 0.148. The number of nitrogens with two attached hydrogens (primary N) is 1. The lowest BCUT2D eigenvalue weighted by atomic mass is 9.78. The topological polar surface area (TPSA) is 64.1 Å². The Hall–Kier alpha value is -0.870. The lowest BCUT2D eigenvalue weighted by Crippen LogP contribution is -2.35. The third kappa shape index (κ3) is 2.31. The van der Waals surface area contributed by atoms with Gasteiger partial charge in [0, 0.05) is 24.7 Å². The standard InChI is InChI=1S/C14H25N3O/c1-3-8-17-12(5-7-16-17)13(18)14(10-15)6-4-11(2)9-14/h5,7,11,13,18H,3-4,6,8-10,15H2,1-2H3. The van der Waals surface area contributed by atoms with Crippen LogP contribution in [0.2, 0.25) is 0 Å². The summed E-state index contributed by atoms with van der Waals surface area (Å²) >= 11 is 0. The quantitative estimate of drug-likeness (QED) is 0.842. The van der Waals surface area contributed by atoms with Gasteiger partial charge in [0.15, 0.2) is 0 Å². The van der Waals surface area contributed by atoms with E-state index >= 15 is 0 Å². The molecule has 1 aliphatic rings. The summed E-state index contributed by atoms with van der Waals surface area (Å²) in [4.78, 5) is 0. The monoisotopic (exact) mass is 251 g/mol. The van der Waals surface area contributed by atoms with Crippen LogP contribution in [0.5, 0.6) is 0 Å². The predicted molar refractivity (Wildman–Crippen MR) is 72.0 cm³/mol. The largest absolute Gasteiger partial charge is 0.386 e. The maximum atomic E-state index is 10.7. The molecule has 1 saturated carbocycles. The number of aliphatic hydroxyl groups is 1. The van der Waals surface area contributed by atoms with Gasteiger partial charge in [-0.25, -0.2) is 0 Å². The predicted octanol–water partition coefficient (Wildman–Crippen LogP) is 2.09. The zero-order valence-corrected chi connectivity index (χ0v) is 11.5. The van der Waals surface area contributed by atoms with Gasteiger partial charge in [-0.2, -0.15) is 5.10 Å². The van der Waals surface area contributed by atoms with Crippen molar-refractivity contribution in [3.8, 4) is 0 Å². The minimum Gasteiger partial charge on any atom is -0.386 e. The third-order valence-electron chi connectivity index (χ3n) is 4.34. The summed E-state index contributed by atoms with van der Waals surface area (Å²) < 4.78 is 1.92. The summed E-state index contributed by atoms with van der Waals surface area (Å²) in [6, 6.07) is 1.93. The first-order valence-corrected chi connectivity index (χ1v) is 7.03. The first kappa shape index (κ1) is 13.6. The van der Waals surface area contributed by atoms with Crippen molar-refractivity contribution in [2.24, 2.45) is 17.1 Å². The summed E-state index contributed by atoms with van der Waals surface area (Å²) in [6.07, 6.45) is 5.51. The van der Waals surface area contributed by atoms with Crippen LogP contribution in [-0.4, -0.2) is 21.4 Å². The van der Waals surface area contributed by atoms with Gasteiger partial charge >= 0.3 is 0 Å². The molecule has 3 unspecified atom stereocenters. The van der Waals surface area contributed by atoms with Gasteiger partial charge in [-0.05, 0) is 31.2 Å². The van der Waals surface area contributed by atoms with Crippen LogP contribution in [0.25, 0.3) is 0 Å². The van der Waals surface area contributed by atoms with Crippen molar-refractivity contribution in [1.29, 1.82) is 0 Å². The lowest BCUT2D eigenvalue weighted by Gasteiger charge is -2.33. The Kier molecular flexibility index (Phi) is 4.07. The number of aliphatic hydroxyl groups excluding tert-OH is 1. The zero-order chi connectivity index (χ0) is 13.2. The van der Waals surface area contributed by atoms with Crippen LogP contribution >= 0.6 is 0 Å². The van der Waals surface area contributed by atoms with Gasteiger partial charge in [0.1, 0.15) is 6.10 Å². The van der Waals surface area contributed by atoms with E-state index < -0.39 is 6.10 Å². The molecular formula is C14H25N3O. The van der Waals surface area contributed by atoms with Crippen molar-refractivity contribution < 1.29 is 5.11 Å². The second-order valence-corrected chi connectivity index (χ2v) is 5.80. The molecular weight excluding hydrogens is 226 g/mol. The smallest absolute Gasteiger partial charge is 0.102 e. The number of hydrogen-bond donors (Lipinski definition) is 2. The van der Waals surface area contributed by atoms with Gasteiger partial charge in [0.05, 0.1) is 5.69 Å². The highest BCUT2D eigenvalue weighted by molar-refractivity contribution is 5.11. The molecule has 2 rings (SSSR count). The van der Waals surface area contributed by atoms with Gasteiger partial charge in [-0.1, -0.05) is 20.3 Å². The van der Waals surface area contributed by atoms with E-state index in [9.17, 15) is 5.11 Å². The average molecular weight is 251 g/mol. The number of nitrogens with zero attached hydrogens (tertiary/aromatic N) is 2. The van der Waals surface area contributed by atoms with E-state index in [4.69, 9.17) is 5.73 Å². The molecule has 0 bridgehead atoms. The van der Waals surface area contributed by atoms with Crippen molar-refractivity contribution in [2.75, 3.05) is 6.54 Å². The molecule has 0 amide bonds. The van der Waals surface area contributed by atoms with Crippen molar-refractivity contribution in [2.45, 2.75) is 52.2 Å². The number of aromatic nitrogens is 2. The Morgan fingerprint density at radius 3 is 3.00 bits per heavy atom. The number of rotatable bonds is 5. The second-order valence-electron chi connectivity index (χ2n) is 5.80. The van der Waals surface area contributed by atoms with Crippen molar-refractivity contribution >= 4 is 0 Å². The number of aryl methyl sites for hydroxylation is 1. The first-order valence-electron chi connectivity index (χ1n) is 7.03. The summed E-state index contributed by atoms with van der Waals surface area (Å²) in [5.74, 6) is 0.658. The lowest BCUT2D eigenvalue weighted by molar-refractivity contribution is 0.0238. The van der Waals surface area contributed by atoms with Crippen molar-refractivity contribution in [1.82, 2.24) is 9.78 Å². The fraction of sp³-hybridized carbons (Fsp3) is 0.786. The van der Waals surface area contributed by atoms with E-state index in [0.717, 1.165) is 37.9 Å². The minimum atomic E-state index is -0.485. The fourth-order valence-corrected chi connectivity index (χ4v) is 3.26. The van der Waals surface area contributed by atoms with Crippen LogP contribution < -0.4 is 5.73 Å². The second kappa shape index (κ2) is 5.41. The molecule has 3 atom stereocenters. The van der Waals surface area contributed by atoms with Crippen LogP contribution in [0.4, 0.5) is 0 Å². The van der Waals surface area contributed by atoms with Gasteiger partial charge in [-0.3, -0.25) is 4.68 Å². The molecule has 1 aromatic heterocycles. The maximum Gasteiger partial charge on any atom is 0.102 e. The highest BCUT2D eigenvalue weighted by Gasteiger charge is 2.43. The molecule has 1 fully saturated rings.